The number of nitrogens with zero attached hydrogens (tertiary/aromatic N) is 3. The number of aromatic amines is 1. The average Bonchev–Trinajstić information content (AvgIpc) is 3.15. The van der Waals surface area contributed by atoms with Gasteiger partial charge in [-0.25, -0.2) is 0 Å². The van der Waals surface area contributed by atoms with Crippen molar-refractivity contribution >= 4 is 34.6 Å². The van der Waals surface area contributed by atoms with Gasteiger partial charge >= 0.3 is 0 Å². The zero-order valence-corrected chi connectivity index (χ0v) is 13.4. The molecule has 3 N–H and O–H groups in total. The van der Waals surface area contributed by atoms with Crippen LogP contribution in [-0.4, -0.2) is 44.3 Å². The van der Waals surface area contributed by atoms with Crippen LogP contribution >= 0.6 is 11.8 Å². The van der Waals surface area contributed by atoms with Crippen LogP contribution in [0.2, 0.25) is 0 Å². The maximum atomic E-state index is 4.59. The van der Waals surface area contributed by atoms with Gasteiger partial charge in [-0.15, -0.1) is 0 Å². The minimum absolute atomic E-state index is 0.347. The number of fused-ring (bicyclic) bond motifs is 1. The minimum Gasteiger partial charge on any atom is -0.368 e. The van der Waals surface area contributed by atoms with Crippen LogP contribution in [0.15, 0.2) is 6.20 Å². The van der Waals surface area contributed by atoms with E-state index in [4.69, 9.17) is 0 Å². The second-order valence-electron chi connectivity index (χ2n) is 5.51. The quantitative estimate of drug-likeness (QED) is 0.761. The second kappa shape index (κ2) is 6.09. The number of nitrogens with one attached hydrogen (secondary N) is 3. The predicted octanol–water partition coefficient (Wildman–Crippen LogP) is 2.87. The van der Waals surface area contributed by atoms with E-state index >= 15 is 0 Å². The lowest BCUT2D eigenvalue weighted by Crippen LogP contribution is -2.30. The van der Waals surface area contributed by atoms with Crippen LogP contribution in [0.4, 0.5) is 11.8 Å². The van der Waals surface area contributed by atoms with Crippen molar-refractivity contribution < 1.29 is 0 Å². The van der Waals surface area contributed by atoms with Crippen molar-refractivity contribution in [3.63, 3.8) is 0 Å². The summed E-state index contributed by atoms with van der Waals surface area (Å²) in [6, 6.07) is 0. The number of H-pyrrole nitrogens is 1. The molecule has 6 nitrogen and oxygen atoms in total. The second-order valence-corrected chi connectivity index (χ2v) is 6.78. The number of rotatable bonds is 6. The molecule has 0 atom stereocenters. The molecule has 1 saturated carbocycles. The normalized spacial score (nSPS) is 17.2. The highest BCUT2D eigenvalue weighted by Gasteiger charge is 2.33. The Kier molecular flexibility index (Phi) is 4.19. The fraction of sp³-hybridized carbons (Fsp3) is 0.643. The van der Waals surface area contributed by atoms with E-state index in [1.54, 1.807) is 6.20 Å². The predicted molar refractivity (Wildman–Crippen MR) is 89.1 cm³/mol. The molecular formula is C14H22N6S. The van der Waals surface area contributed by atoms with Gasteiger partial charge in [-0.1, -0.05) is 12.8 Å². The number of hydrogen-bond donors (Lipinski definition) is 3. The molecule has 2 heterocycles. The summed E-state index contributed by atoms with van der Waals surface area (Å²) in [6.07, 6.45) is 9.21. The molecule has 1 aliphatic carbocycles. The van der Waals surface area contributed by atoms with Gasteiger partial charge in [0.25, 0.3) is 0 Å². The zero-order chi connectivity index (χ0) is 14.7. The summed E-state index contributed by atoms with van der Waals surface area (Å²) in [5.41, 5.74) is 0.771. The van der Waals surface area contributed by atoms with Crippen molar-refractivity contribution in [2.75, 3.05) is 30.0 Å². The van der Waals surface area contributed by atoms with Gasteiger partial charge in [-0.3, -0.25) is 5.10 Å². The maximum absolute atomic E-state index is 4.59. The summed E-state index contributed by atoms with van der Waals surface area (Å²) < 4.78 is 0.347. The Hall–Kier alpha value is -1.50. The Balaban J connectivity index is 1.83. The molecule has 0 bridgehead atoms. The van der Waals surface area contributed by atoms with Crippen LogP contribution in [0.25, 0.3) is 11.0 Å². The molecule has 7 heteroatoms. The molecule has 1 fully saturated rings. The molecule has 0 amide bonds. The van der Waals surface area contributed by atoms with Gasteiger partial charge in [0.1, 0.15) is 5.82 Å². The molecule has 3 rings (SSSR count). The van der Waals surface area contributed by atoms with E-state index in [0.29, 0.717) is 10.7 Å². The first-order valence-corrected chi connectivity index (χ1v) is 8.73. The van der Waals surface area contributed by atoms with Crippen molar-refractivity contribution in [2.24, 2.45) is 0 Å². The SMILES string of the molecule is CCNc1nc(NCC2(SC)CCCC2)c2cn[nH]c2n1. The Morgan fingerprint density at radius 3 is 2.81 bits per heavy atom. The zero-order valence-electron chi connectivity index (χ0n) is 12.6. The molecule has 0 aromatic carbocycles. The molecule has 0 radical (unpaired) electrons. The van der Waals surface area contributed by atoms with Gasteiger partial charge in [-0.05, 0) is 26.0 Å². The van der Waals surface area contributed by atoms with Crippen LogP contribution in [0.1, 0.15) is 32.6 Å². The highest BCUT2D eigenvalue weighted by molar-refractivity contribution is 8.00. The highest BCUT2D eigenvalue weighted by atomic mass is 32.2. The van der Waals surface area contributed by atoms with Crippen LogP contribution < -0.4 is 10.6 Å². The van der Waals surface area contributed by atoms with E-state index in [0.717, 1.165) is 29.9 Å². The lowest BCUT2D eigenvalue weighted by atomic mass is 10.1. The van der Waals surface area contributed by atoms with Gasteiger partial charge in [0.2, 0.25) is 5.95 Å². The third-order valence-electron chi connectivity index (χ3n) is 4.17. The van der Waals surface area contributed by atoms with Crippen molar-refractivity contribution in [1.29, 1.82) is 0 Å². The first-order chi connectivity index (χ1) is 10.3. The van der Waals surface area contributed by atoms with Gasteiger partial charge in [0.05, 0.1) is 11.6 Å². The summed E-state index contributed by atoms with van der Waals surface area (Å²) in [6.45, 7) is 3.78. The Morgan fingerprint density at radius 2 is 2.10 bits per heavy atom. The average molecular weight is 306 g/mol. The number of aromatic nitrogens is 4. The molecule has 0 saturated heterocycles. The number of hydrogen-bond acceptors (Lipinski definition) is 6. The molecule has 2 aromatic heterocycles. The van der Waals surface area contributed by atoms with E-state index in [1.165, 1.54) is 25.7 Å². The molecular weight excluding hydrogens is 284 g/mol. The Bertz CT molecular complexity index is 605. The number of thioether (sulfide) groups is 1. The smallest absolute Gasteiger partial charge is 0.226 e. The first kappa shape index (κ1) is 14.4. The van der Waals surface area contributed by atoms with E-state index < -0.39 is 0 Å². The van der Waals surface area contributed by atoms with Gasteiger partial charge < -0.3 is 10.6 Å². The van der Waals surface area contributed by atoms with Gasteiger partial charge in [0, 0.05) is 17.8 Å². The summed E-state index contributed by atoms with van der Waals surface area (Å²) in [5, 5.41) is 14.7. The van der Waals surface area contributed by atoms with Crippen molar-refractivity contribution in [3.8, 4) is 0 Å². The van der Waals surface area contributed by atoms with E-state index in [1.807, 2.05) is 18.7 Å². The summed E-state index contributed by atoms with van der Waals surface area (Å²) >= 11 is 1.98. The van der Waals surface area contributed by atoms with E-state index in [2.05, 4.69) is 37.1 Å². The monoisotopic (exact) mass is 306 g/mol. The third-order valence-corrected chi connectivity index (χ3v) is 5.59. The molecule has 0 unspecified atom stereocenters. The standard InChI is InChI=1S/C14H22N6S/c1-3-15-13-18-11(10-8-17-20-12(10)19-13)16-9-14(21-2)6-4-5-7-14/h8H,3-7,9H2,1-2H3,(H3,15,16,17,18,19,20). The number of anilines is 2. The molecule has 21 heavy (non-hydrogen) atoms. The van der Waals surface area contributed by atoms with E-state index in [-0.39, 0.29) is 0 Å². The minimum atomic E-state index is 0.347. The fourth-order valence-corrected chi connectivity index (χ4v) is 3.84. The summed E-state index contributed by atoms with van der Waals surface area (Å²) in [5.74, 6) is 1.51. The van der Waals surface area contributed by atoms with E-state index in [9.17, 15) is 0 Å². The Labute approximate surface area is 128 Å². The maximum Gasteiger partial charge on any atom is 0.226 e. The molecule has 114 valence electrons. The molecule has 0 spiro atoms. The lowest BCUT2D eigenvalue weighted by molar-refractivity contribution is 0.639. The first-order valence-electron chi connectivity index (χ1n) is 7.50. The summed E-state index contributed by atoms with van der Waals surface area (Å²) in [4.78, 5) is 9.00. The van der Waals surface area contributed by atoms with Crippen molar-refractivity contribution in [1.82, 2.24) is 20.2 Å². The van der Waals surface area contributed by atoms with Crippen LogP contribution in [0.3, 0.4) is 0 Å². The summed E-state index contributed by atoms with van der Waals surface area (Å²) in [7, 11) is 0. The molecule has 2 aromatic rings. The Morgan fingerprint density at radius 1 is 1.29 bits per heavy atom. The largest absolute Gasteiger partial charge is 0.368 e. The fourth-order valence-electron chi connectivity index (χ4n) is 2.92. The topological polar surface area (TPSA) is 78.5 Å². The van der Waals surface area contributed by atoms with Crippen LogP contribution in [0, 0.1) is 0 Å². The highest BCUT2D eigenvalue weighted by Crippen LogP contribution is 2.40. The van der Waals surface area contributed by atoms with Gasteiger partial charge in [-0.2, -0.15) is 26.8 Å². The van der Waals surface area contributed by atoms with Crippen LogP contribution in [0.5, 0.6) is 0 Å². The van der Waals surface area contributed by atoms with Crippen molar-refractivity contribution in [2.45, 2.75) is 37.4 Å². The third kappa shape index (κ3) is 2.92. The van der Waals surface area contributed by atoms with Crippen LogP contribution in [-0.2, 0) is 0 Å². The molecule has 1 aliphatic rings. The molecule has 0 aliphatic heterocycles. The van der Waals surface area contributed by atoms with Crippen molar-refractivity contribution in [3.05, 3.63) is 6.20 Å². The lowest BCUT2D eigenvalue weighted by Gasteiger charge is -2.27. The van der Waals surface area contributed by atoms with Gasteiger partial charge in [0.15, 0.2) is 5.65 Å².